The van der Waals surface area contributed by atoms with Gasteiger partial charge in [0.05, 0.1) is 11.9 Å². The number of amides is 1. The number of nitrogens with one attached hydrogen (secondary N) is 1. The summed E-state index contributed by atoms with van der Waals surface area (Å²) in [5, 5.41) is 2.88. The van der Waals surface area contributed by atoms with Crippen molar-refractivity contribution in [3.05, 3.63) is 83.9 Å². The summed E-state index contributed by atoms with van der Waals surface area (Å²) in [5.74, 6) is -0.203. The maximum absolute atomic E-state index is 12.4. The van der Waals surface area contributed by atoms with E-state index >= 15 is 0 Å². The zero-order valence-corrected chi connectivity index (χ0v) is 15.7. The molecule has 3 rings (SSSR count). The first-order valence-corrected chi connectivity index (χ1v) is 9.12. The smallest absolute Gasteiger partial charge is 0.274 e. The van der Waals surface area contributed by atoms with Crippen LogP contribution in [0.1, 0.15) is 28.5 Å². The van der Waals surface area contributed by atoms with Gasteiger partial charge in [0.1, 0.15) is 5.69 Å². The van der Waals surface area contributed by atoms with E-state index in [1.807, 2.05) is 49.5 Å². The molecule has 0 spiro atoms. The fourth-order valence-corrected chi connectivity index (χ4v) is 2.74. The highest BCUT2D eigenvalue weighted by Crippen LogP contribution is 2.14. The van der Waals surface area contributed by atoms with Crippen LogP contribution in [0.3, 0.4) is 0 Å². The highest BCUT2D eigenvalue weighted by molar-refractivity contribution is 6.02. The summed E-state index contributed by atoms with van der Waals surface area (Å²) in [7, 11) is 2.02. The molecular formula is C22H24N4O. The van der Waals surface area contributed by atoms with Crippen LogP contribution in [0, 0.1) is 0 Å². The van der Waals surface area contributed by atoms with E-state index in [1.165, 1.54) is 11.1 Å². The van der Waals surface area contributed by atoms with Crippen molar-refractivity contribution in [3.63, 3.8) is 0 Å². The molecule has 5 nitrogen and oxygen atoms in total. The second kappa shape index (κ2) is 8.94. The van der Waals surface area contributed by atoms with Crippen LogP contribution in [0.5, 0.6) is 0 Å². The topological polar surface area (TPSA) is 58.1 Å². The van der Waals surface area contributed by atoms with Crippen LogP contribution in [-0.2, 0) is 12.8 Å². The molecule has 0 unspecified atom stereocenters. The van der Waals surface area contributed by atoms with E-state index in [9.17, 15) is 4.79 Å². The van der Waals surface area contributed by atoms with Crippen molar-refractivity contribution in [1.82, 2.24) is 9.97 Å². The molecule has 0 saturated heterocycles. The lowest BCUT2D eigenvalue weighted by Gasteiger charge is -2.19. The van der Waals surface area contributed by atoms with E-state index in [0.29, 0.717) is 5.69 Å². The monoisotopic (exact) mass is 360 g/mol. The zero-order valence-electron chi connectivity index (χ0n) is 15.7. The number of hydrogen-bond donors (Lipinski definition) is 1. The van der Waals surface area contributed by atoms with E-state index in [4.69, 9.17) is 0 Å². The van der Waals surface area contributed by atoms with Crippen LogP contribution in [0.25, 0.3) is 0 Å². The maximum atomic E-state index is 12.4. The van der Waals surface area contributed by atoms with Crippen LogP contribution in [-0.4, -0.2) is 29.5 Å². The normalized spacial score (nSPS) is 10.4. The van der Waals surface area contributed by atoms with Gasteiger partial charge in [0.2, 0.25) is 0 Å². The number of anilines is 2. The fourth-order valence-electron chi connectivity index (χ4n) is 2.74. The zero-order chi connectivity index (χ0) is 19.1. The second-order valence-electron chi connectivity index (χ2n) is 6.43. The number of carbonyl (C=O) groups is 1. The summed E-state index contributed by atoms with van der Waals surface area (Å²) >= 11 is 0. The van der Waals surface area contributed by atoms with Crippen LogP contribution in [0.2, 0.25) is 0 Å². The van der Waals surface area contributed by atoms with Gasteiger partial charge < -0.3 is 10.2 Å². The predicted molar refractivity (Wildman–Crippen MR) is 109 cm³/mol. The highest BCUT2D eigenvalue weighted by atomic mass is 16.1. The number of carbonyl (C=O) groups excluding carboxylic acids is 1. The molecule has 0 aliphatic carbocycles. The van der Waals surface area contributed by atoms with Crippen molar-refractivity contribution in [2.24, 2.45) is 0 Å². The van der Waals surface area contributed by atoms with Crippen LogP contribution >= 0.6 is 0 Å². The highest BCUT2D eigenvalue weighted by Gasteiger charge is 2.09. The third-order valence-corrected chi connectivity index (χ3v) is 4.53. The molecule has 27 heavy (non-hydrogen) atoms. The van der Waals surface area contributed by atoms with Crippen molar-refractivity contribution < 1.29 is 4.79 Å². The van der Waals surface area contributed by atoms with Crippen LogP contribution in [0.4, 0.5) is 11.4 Å². The van der Waals surface area contributed by atoms with Crippen molar-refractivity contribution in [2.45, 2.75) is 19.8 Å². The van der Waals surface area contributed by atoms with Crippen molar-refractivity contribution >= 4 is 17.3 Å². The van der Waals surface area contributed by atoms with Gasteiger partial charge >= 0.3 is 0 Å². The predicted octanol–water partition coefficient (Wildman–Crippen LogP) is 3.97. The molecule has 0 aliphatic rings. The van der Waals surface area contributed by atoms with Gasteiger partial charge in [-0.15, -0.1) is 0 Å². The van der Waals surface area contributed by atoms with Crippen LogP contribution < -0.4 is 10.2 Å². The Kier molecular flexibility index (Phi) is 6.15. The Morgan fingerprint density at radius 3 is 2.37 bits per heavy atom. The van der Waals surface area contributed by atoms with Crippen LogP contribution in [0.15, 0.2) is 67.1 Å². The Hall–Kier alpha value is -3.21. The van der Waals surface area contributed by atoms with Gasteiger partial charge in [-0.25, -0.2) is 4.98 Å². The maximum Gasteiger partial charge on any atom is 0.274 e. The molecule has 0 bridgehead atoms. The van der Waals surface area contributed by atoms with Gasteiger partial charge in [-0.05, 0) is 60.4 Å². The lowest BCUT2D eigenvalue weighted by atomic mass is 10.1. The Bertz CT molecular complexity index is 861. The molecule has 0 radical (unpaired) electrons. The standard InChI is InChI=1S/C22H24N4O/c1-3-17-4-6-19(7-5-17)25-22(27)21-9-8-20(16-24-21)26(2)15-12-18-10-13-23-14-11-18/h4-11,13-14,16H,3,12,15H2,1-2H3,(H,25,27). The number of aromatic nitrogens is 2. The lowest BCUT2D eigenvalue weighted by Crippen LogP contribution is -2.21. The van der Waals surface area contributed by atoms with E-state index in [2.05, 4.69) is 27.1 Å². The molecule has 1 aromatic carbocycles. The number of hydrogen-bond acceptors (Lipinski definition) is 4. The van der Waals surface area contributed by atoms with Crippen molar-refractivity contribution in [1.29, 1.82) is 0 Å². The average molecular weight is 360 g/mol. The first-order chi connectivity index (χ1) is 13.2. The largest absolute Gasteiger partial charge is 0.373 e. The first kappa shape index (κ1) is 18.6. The minimum atomic E-state index is -0.203. The molecular weight excluding hydrogens is 336 g/mol. The molecule has 5 heteroatoms. The first-order valence-electron chi connectivity index (χ1n) is 9.12. The van der Waals surface area contributed by atoms with Crippen molar-refractivity contribution in [3.8, 4) is 0 Å². The van der Waals surface area contributed by atoms with E-state index in [0.717, 1.165) is 30.8 Å². The molecule has 0 atom stereocenters. The SMILES string of the molecule is CCc1ccc(NC(=O)c2ccc(N(C)CCc3ccncc3)cn2)cc1. The minimum Gasteiger partial charge on any atom is -0.373 e. The van der Waals surface area contributed by atoms with Gasteiger partial charge in [-0.1, -0.05) is 19.1 Å². The quantitative estimate of drug-likeness (QED) is 0.693. The van der Waals surface area contributed by atoms with Gasteiger partial charge in [0.15, 0.2) is 0 Å². The third-order valence-electron chi connectivity index (χ3n) is 4.53. The van der Waals surface area contributed by atoms with Crippen molar-refractivity contribution in [2.75, 3.05) is 23.8 Å². The third kappa shape index (κ3) is 5.14. The minimum absolute atomic E-state index is 0.203. The summed E-state index contributed by atoms with van der Waals surface area (Å²) < 4.78 is 0. The van der Waals surface area contributed by atoms with E-state index in [-0.39, 0.29) is 5.91 Å². The summed E-state index contributed by atoms with van der Waals surface area (Å²) in [4.78, 5) is 22.8. The summed E-state index contributed by atoms with van der Waals surface area (Å²) in [6.45, 7) is 2.97. The summed E-state index contributed by atoms with van der Waals surface area (Å²) in [6, 6.07) is 15.6. The number of benzene rings is 1. The number of pyridine rings is 2. The number of aryl methyl sites for hydroxylation is 1. The Balaban J connectivity index is 1.57. The molecule has 1 amide bonds. The molecule has 0 saturated carbocycles. The summed E-state index contributed by atoms with van der Waals surface area (Å²) in [5.41, 5.74) is 4.64. The molecule has 1 N–H and O–H groups in total. The number of likely N-dealkylation sites (N-methyl/N-ethyl adjacent to an activating group) is 1. The average Bonchev–Trinajstić information content (AvgIpc) is 2.73. The van der Waals surface area contributed by atoms with Gasteiger partial charge in [-0.3, -0.25) is 9.78 Å². The number of rotatable bonds is 7. The van der Waals surface area contributed by atoms with Gasteiger partial charge in [0.25, 0.3) is 5.91 Å². The summed E-state index contributed by atoms with van der Waals surface area (Å²) in [6.07, 6.45) is 7.25. The number of nitrogens with zero attached hydrogens (tertiary/aromatic N) is 3. The second-order valence-corrected chi connectivity index (χ2v) is 6.43. The molecule has 0 fully saturated rings. The Labute approximate surface area is 160 Å². The fraction of sp³-hybridized carbons (Fsp3) is 0.227. The molecule has 2 aromatic heterocycles. The Morgan fingerprint density at radius 1 is 1.00 bits per heavy atom. The van der Waals surface area contributed by atoms with Gasteiger partial charge in [0, 0.05) is 31.7 Å². The molecule has 0 aliphatic heterocycles. The lowest BCUT2D eigenvalue weighted by molar-refractivity contribution is 0.102. The van der Waals surface area contributed by atoms with E-state index in [1.54, 1.807) is 24.7 Å². The molecule has 138 valence electrons. The van der Waals surface area contributed by atoms with E-state index < -0.39 is 0 Å². The Morgan fingerprint density at radius 2 is 1.74 bits per heavy atom. The van der Waals surface area contributed by atoms with Gasteiger partial charge in [-0.2, -0.15) is 0 Å². The molecule has 3 aromatic rings. The molecule has 2 heterocycles.